The van der Waals surface area contributed by atoms with E-state index in [2.05, 4.69) is 10.3 Å². The van der Waals surface area contributed by atoms with Crippen molar-refractivity contribution >= 4 is 34.3 Å². The van der Waals surface area contributed by atoms with Crippen molar-refractivity contribution in [2.45, 2.75) is 45.4 Å². The van der Waals surface area contributed by atoms with E-state index in [1.165, 1.54) is 28.4 Å². The number of halogens is 1. The van der Waals surface area contributed by atoms with Crippen molar-refractivity contribution in [3.63, 3.8) is 0 Å². The number of aliphatic carboxylic acids is 1. The zero-order valence-electron chi connectivity index (χ0n) is 18.2. The zero-order chi connectivity index (χ0) is 23.6. The van der Waals surface area contributed by atoms with Crippen molar-refractivity contribution in [1.29, 1.82) is 0 Å². The number of nitrogens with zero attached hydrogens (tertiary/aromatic N) is 2. The molecule has 10 heteroatoms. The lowest BCUT2D eigenvalue weighted by Crippen LogP contribution is -2.47. The number of ether oxygens (including phenoxy) is 1. The number of carboxylic acids is 1. The van der Waals surface area contributed by atoms with E-state index < -0.39 is 36.0 Å². The number of carboxylic acid groups (broad SMARTS) is 1. The molecule has 1 aromatic carbocycles. The minimum Gasteiger partial charge on any atom is -0.479 e. The first-order chi connectivity index (χ1) is 15.1. The van der Waals surface area contributed by atoms with Crippen LogP contribution in [0.2, 0.25) is 0 Å². The largest absolute Gasteiger partial charge is 0.479 e. The molecule has 8 nitrogen and oxygen atoms in total. The third-order valence-corrected chi connectivity index (χ3v) is 6.18. The van der Waals surface area contributed by atoms with E-state index in [1.807, 2.05) is 13.8 Å². The molecule has 4 unspecified atom stereocenters. The second-order valence-electron chi connectivity index (χ2n) is 8.27. The summed E-state index contributed by atoms with van der Waals surface area (Å²) in [4.78, 5) is 42.5. The van der Waals surface area contributed by atoms with E-state index in [9.17, 15) is 18.8 Å². The van der Waals surface area contributed by atoms with Gasteiger partial charge in [-0.05, 0) is 43.5 Å². The van der Waals surface area contributed by atoms with Gasteiger partial charge in [0.25, 0.3) is 5.91 Å². The zero-order valence-corrected chi connectivity index (χ0v) is 19.1. The molecule has 32 heavy (non-hydrogen) atoms. The van der Waals surface area contributed by atoms with Gasteiger partial charge >= 0.3 is 5.97 Å². The fourth-order valence-electron chi connectivity index (χ4n) is 3.45. The van der Waals surface area contributed by atoms with Gasteiger partial charge in [-0.15, -0.1) is 11.3 Å². The molecular formula is C22H26FN3O5S. The van der Waals surface area contributed by atoms with Gasteiger partial charge in [0.2, 0.25) is 5.91 Å². The van der Waals surface area contributed by atoms with E-state index in [0.717, 1.165) is 5.56 Å². The van der Waals surface area contributed by atoms with Crippen LogP contribution in [0.15, 0.2) is 29.6 Å². The Kier molecular flexibility index (Phi) is 7.25. The van der Waals surface area contributed by atoms with Crippen LogP contribution in [0.4, 0.5) is 9.52 Å². The van der Waals surface area contributed by atoms with Gasteiger partial charge in [0, 0.05) is 24.0 Å². The molecule has 1 saturated heterocycles. The Bertz CT molecular complexity index is 994. The predicted octanol–water partition coefficient (Wildman–Crippen LogP) is 2.93. The highest BCUT2D eigenvalue weighted by Crippen LogP contribution is 2.29. The van der Waals surface area contributed by atoms with Crippen LogP contribution in [-0.4, -0.2) is 53.2 Å². The fourth-order valence-corrected chi connectivity index (χ4v) is 4.25. The van der Waals surface area contributed by atoms with Crippen molar-refractivity contribution in [3.05, 3.63) is 35.5 Å². The lowest BCUT2D eigenvalue weighted by atomic mass is 9.90. The molecule has 0 aliphatic carbocycles. The smallest absolute Gasteiger partial charge is 0.336 e. The molecule has 0 bridgehead atoms. The summed E-state index contributed by atoms with van der Waals surface area (Å²) in [6.45, 7) is 5.69. The highest BCUT2D eigenvalue weighted by atomic mass is 32.1. The van der Waals surface area contributed by atoms with Crippen LogP contribution in [0.25, 0.3) is 11.3 Å². The predicted molar refractivity (Wildman–Crippen MR) is 118 cm³/mol. The monoisotopic (exact) mass is 463 g/mol. The Labute approximate surface area is 189 Å². The number of aromatic nitrogens is 1. The quantitative estimate of drug-likeness (QED) is 0.553. The first-order valence-corrected chi connectivity index (χ1v) is 11.1. The van der Waals surface area contributed by atoms with Crippen molar-refractivity contribution in [3.8, 4) is 11.3 Å². The van der Waals surface area contributed by atoms with Gasteiger partial charge in [0.15, 0.2) is 17.3 Å². The number of carbonyl (C=O) groups is 3. The molecular weight excluding hydrogens is 437 g/mol. The average molecular weight is 464 g/mol. The normalized spacial score (nSPS) is 19.3. The van der Waals surface area contributed by atoms with Crippen LogP contribution in [-0.2, 0) is 19.1 Å². The molecule has 3 rings (SSSR count). The summed E-state index contributed by atoms with van der Waals surface area (Å²) in [5.74, 6) is -2.63. The number of amides is 2. The topological polar surface area (TPSA) is 112 Å². The van der Waals surface area contributed by atoms with Crippen LogP contribution < -0.4 is 10.2 Å². The number of nitrogens with one attached hydrogen (secondary N) is 1. The molecule has 4 atom stereocenters. The second kappa shape index (κ2) is 9.74. The second-order valence-corrected chi connectivity index (χ2v) is 9.10. The van der Waals surface area contributed by atoms with Crippen molar-refractivity contribution in [2.75, 3.05) is 11.9 Å². The molecule has 1 aliphatic heterocycles. The lowest BCUT2D eigenvalue weighted by Gasteiger charge is -2.28. The Morgan fingerprint density at radius 3 is 2.44 bits per heavy atom. The van der Waals surface area contributed by atoms with Crippen molar-refractivity contribution in [1.82, 2.24) is 10.3 Å². The standard InChI is InChI=1S/C22H26FN3O5S/c1-11(2)9-15(12(3)24-19(27)17-18(31-17)21(29)30)20(28)26(4)22-25-16(10-32-22)13-5-7-14(23)8-6-13/h5-8,10-12,15,17-18H,9H2,1-4H3,(H,24,27)(H,29,30). The summed E-state index contributed by atoms with van der Waals surface area (Å²) in [6.07, 6.45) is -1.64. The summed E-state index contributed by atoms with van der Waals surface area (Å²) in [6, 6.07) is 5.42. The van der Waals surface area contributed by atoms with Crippen LogP contribution >= 0.6 is 11.3 Å². The van der Waals surface area contributed by atoms with E-state index in [0.29, 0.717) is 17.2 Å². The summed E-state index contributed by atoms with van der Waals surface area (Å²) >= 11 is 1.29. The van der Waals surface area contributed by atoms with Crippen LogP contribution in [0.3, 0.4) is 0 Å². The summed E-state index contributed by atoms with van der Waals surface area (Å²) in [5.41, 5.74) is 1.38. The molecule has 2 aromatic rings. The van der Waals surface area contributed by atoms with Crippen LogP contribution in [0.5, 0.6) is 0 Å². The first-order valence-electron chi connectivity index (χ1n) is 10.3. The van der Waals surface area contributed by atoms with Crippen molar-refractivity contribution in [2.24, 2.45) is 11.8 Å². The molecule has 0 spiro atoms. The Morgan fingerprint density at radius 1 is 1.22 bits per heavy atom. The fraction of sp³-hybridized carbons (Fsp3) is 0.455. The molecule has 172 valence electrons. The first kappa shape index (κ1) is 23.8. The molecule has 1 aromatic heterocycles. The SMILES string of the molecule is CC(C)CC(C(=O)N(C)c1nc(-c2ccc(F)cc2)cs1)C(C)NC(=O)C1OC1C(=O)O. The molecule has 0 saturated carbocycles. The summed E-state index contributed by atoms with van der Waals surface area (Å²) in [7, 11) is 1.63. The number of epoxide rings is 1. The van der Waals surface area contributed by atoms with Gasteiger partial charge in [0.05, 0.1) is 11.6 Å². The van der Waals surface area contributed by atoms with E-state index in [1.54, 1.807) is 31.5 Å². The van der Waals surface area contributed by atoms with Gasteiger partial charge in [-0.3, -0.25) is 14.5 Å². The number of benzene rings is 1. The van der Waals surface area contributed by atoms with Crippen molar-refractivity contribution < 1.29 is 28.6 Å². The summed E-state index contributed by atoms with van der Waals surface area (Å²) in [5, 5.41) is 13.9. The highest BCUT2D eigenvalue weighted by Gasteiger charge is 2.51. The maximum absolute atomic E-state index is 13.3. The van der Waals surface area contributed by atoms with Gasteiger partial charge < -0.3 is 15.2 Å². The Hall–Kier alpha value is -2.85. The number of hydrogen-bond donors (Lipinski definition) is 2. The average Bonchev–Trinajstić information content (AvgIpc) is 3.41. The van der Waals surface area contributed by atoms with E-state index in [-0.39, 0.29) is 17.6 Å². The molecule has 2 amide bonds. The number of thiazole rings is 1. The molecule has 1 fully saturated rings. The van der Waals surface area contributed by atoms with Gasteiger partial charge in [-0.25, -0.2) is 14.2 Å². The number of hydrogen-bond acceptors (Lipinski definition) is 6. The minimum absolute atomic E-state index is 0.187. The number of carbonyl (C=O) groups excluding carboxylic acids is 2. The molecule has 2 heterocycles. The van der Waals surface area contributed by atoms with Crippen LogP contribution in [0.1, 0.15) is 27.2 Å². The molecule has 2 N–H and O–H groups in total. The van der Waals surface area contributed by atoms with E-state index >= 15 is 0 Å². The third kappa shape index (κ3) is 5.49. The maximum atomic E-state index is 13.3. The molecule has 1 aliphatic rings. The third-order valence-electron chi connectivity index (χ3n) is 5.26. The number of rotatable bonds is 9. The van der Waals surface area contributed by atoms with Crippen LogP contribution in [0, 0.1) is 17.7 Å². The van der Waals surface area contributed by atoms with E-state index in [4.69, 9.17) is 9.84 Å². The summed E-state index contributed by atoms with van der Waals surface area (Å²) < 4.78 is 18.1. The molecule has 0 radical (unpaired) electrons. The number of anilines is 1. The highest BCUT2D eigenvalue weighted by molar-refractivity contribution is 7.14. The Balaban J connectivity index is 1.71. The van der Waals surface area contributed by atoms with Gasteiger partial charge in [-0.2, -0.15) is 0 Å². The van der Waals surface area contributed by atoms with Gasteiger partial charge in [-0.1, -0.05) is 13.8 Å². The maximum Gasteiger partial charge on any atom is 0.336 e. The lowest BCUT2D eigenvalue weighted by molar-refractivity contribution is -0.138. The minimum atomic E-state index is -1.19. The Morgan fingerprint density at radius 2 is 1.88 bits per heavy atom. The van der Waals surface area contributed by atoms with Gasteiger partial charge in [0.1, 0.15) is 5.82 Å².